The summed E-state index contributed by atoms with van der Waals surface area (Å²) in [5.74, 6) is 0.321. The number of hydrogen-bond acceptors (Lipinski definition) is 3. The molecule has 6 nitrogen and oxygen atoms in total. The van der Waals surface area contributed by atoms with E-state index in [4.69, 9.17) is 11.5 Å². The topological polar surface area (TPSA) is 110 Å². The van der Waals surface area contributed by atoms with Crippen LogP contribution in [-0.4, -0.2) is 17.5 Å². The van der Waals surface area contributed by atoms with E-state index in [1.165, 1.54) is 0 Å². The molecule has 0 spiro atoms. The lowest BCUT2D eigenvalue weighted by Crippen LogP contribution is -2.53. The Kier molecular flexibility index (Phi) is 4.47. The molecule has 0 heterocycles. The smallest absolute Gasteiger partial charge is 0.316 e. The molecule has 6 heteroatoms. The third-order valence-electron chi connectivity index (χ3n) is 3.90. The number of anilines is 2. The number of rotatable bonds is 3. The van der Waals surface area contributed by atoms with Crippen LogP contribution in [0.5, 0.6) is 0 Å². The van der Waals surface area contributed by atoms with Gasteiger partial charge in [-0.15, -0.1) is 0 Å². The number of carbonyl (C=O) groups is 2. The summed E-state index contributed by atoms with van der Waals surface area (Å²) < 4.78 is 0. The number of amides is 3. The van der Waals surface area contributed by atoms with Crippen LogP contribution in [0.25, 0.3) is 0 Å². The zero-order chi connectivity index (χ0) is 15.5. The lowest BCUT2D eigenvalue weighted by molar-refractivity contribution is -0.122. The summed E-state index contributed by atoms with van der Waals surface area (Å²) in [6, 6.07) is 6.14. The molecule has 0 radical (unpaired) electrons. The maximum absolute atomic E-state index is 12.4. The van der Waals surface area contributed by atoms with E-state index in [2.05, 4.69) is 17.6 Å². The summed E-state index contributed by atoms with van der Waals surface area (Å²) in [6.45, 7) is 2.12. The molecule has 0 bridgehead atoms. The fourth-order valence-electron chi connectivity index (χ4n) is 2.83. The highest BCUT2D eigenvalue weighted by atomic mass is 16.2. The molecular weight excluding hydrogens is 268 g/mol. The highest BCUT2D eigenvalue weighted by Crippen LogP contribution is 2.31. The van der Waals surface area contributed by atoms with Gasteiger partial charge in [0, 0.05) is 11.4 Å². The molecule has 2 rings (SSSR count). The van der Waals surface area contributed by atoms with Crippen molar-refractivity contribution in [1.29, 1.82) is 0 Å². The first-order chi connectivity index (χ1) is 9.89. The second kappa shape index (κ2) is 6.13. The van der Waals surface area contributed by atoms with Gasteiger partial charge in [0.05, 0.1) is 5.54 Å². The van der Waals surface area contributed by atoms with Crippen molar-refractivity contribution in [3.8, 4) is 0 Å². The molecule has 0 aliphatic heterocycles. The molecule has 1 aromatic carbocycles. The van der Waals surface area contributed by atoms with Gasteiger partial charge < -0.3 is 22.1 Å². The Labute approximate surface area is 124 Å². The van der Waals surface area contributed by atoms with E-state index in [-0.39, 0.29) is 5.91 Å². The highest BCUT2D eigenvalue weighted by Gasteiger charge is 2.37. The van der Waals surface area contributed by atoms with Gasteiger partial charge in [0.2, 0.25) is 5.91 Å². The molecular formula is C15H22N4O2. The van der Waals surface area contributed by atoms with Crippen molar-refractivity contribution in [3.63, 3.8) is 0 Å². The average Bonchev–Trinajstić information content (AvgIpc) is 2.40. The summed E-state index contributed by atoms with van der Waals surface area (Å²) in [5, 5.41) is 5.31. The fourth-order valence-corrected chi connectivity index (χ4v) is 2.83. The minimum absolute atomic E-state index is 0.148. The van der Waals surface area contributed by atoms with Crippen LogP contribution in [0.3, 0.4) is 0 Å². The summed E-state index contributed by atoms with van der Waals surface area (Å²) in [6.07, 6.45) is 3.52. The molecule has 0 saturated heterocycles. The van der Waals surface area contributed by atoms with Gasteiger partial charge in [-0.2, -0.15) is 0 Å². The number of urea groups is 1. The molecule has 3 amide bonds. The molecule has 6 N–H and O–H groups in total. The van der Waals surface area contributed by atoms with E-state index in [1.807, 2.05) is 0 Å². The third-order valence-corrected chi connectivity index (χ3v) is 3.90. The molecule has 1 fully saturated rings. The Balaban J connectivity index is 2.00. The predicted molar refractivity (Wildman–Crippen MR) is 82.8 cm³/mol. The Morgan fingerprint density at radius 3 is 2.29 bits per heavy atom. The maximum atomic E-state index is 12.4. The van der Waals surface area contributed by atoms with E-state index in [0.717, 1.165) is 12.8 Å². The fraction of sp³-hybridized carbons (Fsp3) is 0.467. The second-order valence-corrected chi connectivity index (χ2v) is 5.88. The number of primary amides is 1. The zero-order valence-corrected chi connectivity index (χ0v) is 12.2. The van der Waals surface area contributed by atoms with E-state index in [0.29, 0.717) is 30.1 Å². The quantitative estimate of drug-likeness (QED) is 0.683. The molecule has 114 valence electrons. The highest BCUT2D eigenvalue weighted by molar-refractivity contribution is 5.98. The van der Waals surface area contributed by atoms with Gasteiger partial charge in [0.15, 0.2) is 0 Å². The summed E-state index contributed by atoms with van der Waals surface area (Å²) in [4.78, 5) is 23.1. The predicted octanol–water partition coefficient (Wildman–Crippen LogP) is 2.02. The van der Waals surface area contributed by atoms with Crippen LogP contribution in [0.2, 0.25) is 0 Å². The number of hydrogen-bond donors (Lipinski definition) is 4. The van der Waals surface area contributed by atoms with Crippen LogP contribution in [0.4, 0.5) is 16.2 Å². The lowest BCUT2D eigenvalue weighted by Gasteiger charge is -2.35. The lowest BCUT2D eigenvalue weighted by atomic mass is 9.76. The van der Waals surface area contributed by atoms with Crippen molar-refractivity contribution in [2.75, 3.05) is 10.6 Å². The summed E-state index contributed by atoms with van der Waals surface area (Å²) in [7, 11) is 0. The van der Waals surface area contributed by atoms with E-state index < -0.39 is 11.6 Å². The van der Waals surface area contributed by atoms with Crippen LogP contribution in [0.1, 0.15) is 32.6 Å². The molecule has 0 aromatic heterocycles. The normalized spacial score (nSPS) is 25.1. The Bertz CT molecular complexity index is 529. The average molecular weight is 290 g/mol. The van der Waals surface area contributed by atoms with Crippen molar-refractivity contribution in [1.82, 2.24) is 0 Å². The van der Waals surface area contributed by atoms with Gasteiger partial charge in [-0.05, 0) is 43.0 Å². The van der Waals surface area contributed by atoms with Gasteiger partial charge in [0.1, 0.15) is 0 Å². The van der Waals surface area contributed by atoms with Crippen LogP contribution in [0, 0.1) is 5.92 Å². The molecule has 1 aliphatic carbocycles. The van der Waals surface area contributed by atoms with Crippen molar-refractivity contribution in [3.05, 3.63) is 24.3 Å². The molecule has 2 unspecified atom stereocenters. The van der Waals surface area contributed by atoms with Crippen molar-refractivity contribution >= 4 is 23.3 Å². The van der Waals surface area contributed by atoms with Crippen molar-refractivity contribution < 1.29 is 9.59 Å². The van der Waals surface area contributed by atoms with Gasteiger partial charge >= 0.3 is 6.03 Å². The first kappa shape index (κ1) is 15.3. The third kappa shape index (κ3) is 3.95. The van der Waals surface area contributed by atoms with E-state index in [1.54, 1.807) is 24.3 Å². The monoisotopic (exact) mass is 290 g/mol. The van der Waals surface area contributed by atoms with Gasteiger partial charge in [0.25, 0.3) is 0 Å². The molecule has 1 aromatic rings. The minimum atomic E-state index is -0.790. The molecule has 2 atom stereocenters. The van der Waals surface area contributed by atoms with Gasteiger partial charge in [-0.1, -0.05) is 19.8 Å². The number of nitrogens with two attached hydrogens (primary N) is 2. The summed E-state index contributed by atoms with van der Waals surface area (Å²) >= 11 is 0. The Morgan fingerprint density at radius 2 is 1.76 bits per heavy atom. The van der Waals surface area contributed by atoms with Crippen LogP contribution in [0.15, 0.2) is 24.3 Å². The largest absolute Gasteiger partial charge is 0.351 e. The first-order valence-corrected chi connectivity index (χ1v) is 7.16. The maximum Gasteiger partial charge on any atom is 0.316 e. The zero-order valence-electron chi connectivity index (χ0n) is 12.2. The van der Waals surface area contributed by atoms with Crippen molar-refractivity contribution in [2.24, 2.45) is 17.4 Å². The number of carbonyl (C=O) groups excluding carboxylic acids is 2. The van der Waals surface area contributed by atoms with E-state index in [9.17, 15) is 9.59 Å². The molecule has 1 aliphatic rings. The Hall–Kier alpha value is -2.08. The molecule has 21 heavy (non-hydrogen) atoms. The SMILES string of the molecule is CC1CCCC(N)(C(=O)Nc2ccc(NC(N)=O)cc2)C1. The number of benzene rings is 1. The van der Waals surface area contributed by atoms with Crippen LogP contribution >= 0.6 is 0 Å². The standard InChI is InChI=1S/C15H22N4O2/c1-10-3-2-8-15(17,9-10)13(20)18-11-4-6-12(7-5-11)19-14(16)21/h4-7,10H,2-3,8-9,17H2,1H3,(H,18,20)(H3,16,19,21). The summed E-state index contributed by atoms with van der Waals surface area (Å²) in [5.41, 5.74) is 11.7. The first-order valence-electron chi connectivity index (χ1n) is 7.16. The van der Waals surface area contributed by atoms with Gasteiger partial charge in [-0.25, -0.2) is 4.79 Å². The molecule has 1 saturated carbocycles. The van der Waals surface area contributed by atoms with Crippen LogP contribution in [-0.2, 0) is 4.79 Å². The van der Waals surface area contributed by atoms with Crippen molar-refractivity contribution in [2.45, 2.75) is 38.1 Å². The minimum Gasteiger partial charge on any atom is -0.351 e. The van der Waals surface area contributed by atoms with E-state index >= 15 is 0 Å². The Morgan fingerprint density at radius 1 is 1.19 bits per heavy atom. The number of nitrogens with one attached hydrogen (secondary N) is 2. The second-order valence-electron chi connectivity index (χ2n) is 5.88. The van der Waals surface area contributed by atoms with Crippen LogP contribution < -0.4 is 22.1 Å². The van der Waals surface area contributed by atoms with Gasteiger partial charge in [-0.3, -0.25) is 4.79 Å².